The summed E-state index contributed by atoms with van der Waals surface area (Å²) in [5, 5.41) is 2.37. The van der Waals surface area contributed by atoms with E-state index in [1.807, 2.05) is 20.9 Å². The molecule has 0 radical (unpaired) electrons. The molecule has 1 unspecified atom stereocenters. The summed E-state index contributed by atoms with van der Waals surface area (Å²) in [5.41, 5.74) is -3.18. The number of amides is 2. The van der Waals surface area contributed by atoms with Crippen molar-refractivity contribution >= 4 is 29.4 Å². The van der Waals surface area contributed by atoms with Crippen LogP contribution in [0, 0.1) is 11.7 Å². The van der Waals surface area contributed by atoms with Crippen molar-refractivity contribution in [3.63, 3.8) is 0 Å². The Morgan fingerprint density at radius 1 is 1.00 bits per heavy atom. The first-order valence-corrected chi connectivity index (χ1v) is 12.1. The maximum atomic E-state index is 15.4. The van der Waals surface area contributed by atoms with E-state index in [4.69, 9.17) is 0 Å². The van der Waals surface area contributed by atoms with Crippen molar-refractivity contribution in [2.24, 2.45) is 10.9 Å². The Labute approximate surface area is 224 Å². The summed E-state index contributed by atoms with van der Waals surface area (Å²) >= 11 is 0. The third-order valence-corrected chi connectivity index (χ3v) is 6.99. The molecule has 1 saturated heterocycles. The lowest BCUT2D eigenvalue weighted by Gasteiger charge is -2.44. The Kier molecular flexibility index (Phi) is 7.76. The number of nitrogens with zero attached hydrogens (tertiary/aromatic N) is 4. The number of piperazine rings is 1. The minimum absolute atomic E-state index is 0.0287. The number of aliphatic imine (C=N–C) groups is 1. The second kappa shape index (κ2) is 10.6. The van der Waals surface area contributed by atoms with Gasteiger partial charge in [-0.05, 0) is 39.1 Å². The van der Waals surface area contributed by atoms with Gasteiger partial charge in [-0.25, -0.2) is 9.38 Å². The van der Waals surface area contributed by atoms with Gasteiger partial charge in [0, 0.05) is 61.0 Å². The summed E-state index contributed by atoms with van der Waals surface area (Å²) in [6.45, 7) is 4.55. The van der Waals surface area contributed by atoms with E-state index >= 15 is 4.39 Å². The monoisotopic (exact) mass is 571 g/mol. The summed E-state index contributed by atoms with van der Waals surface area (Å²) in [5.74, 6) is -5.30. The van der Waals surface area contributed by atoms with E-state index in [9.17, 15) is 35.9 Å². The fraction of sp³-hybridized carbons (Fsp3) is 0.385. The topological polar surface area (TPSA) is 77.9 Å². The highest BCUT2D eigenvalue weighted by Gasteiger charge is 2.43. The van der Waals surface area contributed by atoms with Gasteiger partial charge in [0.1, 0.15) is 11.7 Å². The molecule has 0 spiro atoms. The maximum Gasteiger partial charge on any atom is 0.417 e. The van der Waals surface area contributed by atoms with E-state index in [0.717, 1.165) is 18.3 Å². The quantitative estimate of drug-likeness (QED) is 0.518. The third kappa shape index (κ3) is 6.01. The number of hydrogen-bond acceptors (Lipinski definition) is 5. The molecule has 0 saturated carbocycles. The fourth-order valence-electron chi connectivity index (χ4n) is 4.66. The number of benzene rings is 1. The van der Waals surface area contributed by atoms with Crippen LogP contribution in [0.2, 0.25) is 0 Å². The van der Waals surface area contributed by atoms with Gasteiger partial charge in [-0.2, -0.15) is 26.3 Å². The van der Waals surface area contributed by atoms with Crippen molar-refractivity contribution in [1.29, 1.82) is 0 Å². The Morgan fingerprint density at radius 2 is 1.65 bits per heavy atom. The lowest BCUT2D eigenvalue weighted by atomic mass is 9.95. The minimum Gasteiger partial charge on any atom is -0.367 e. The highest BCUT2D eigenvalue weighted by molar-refractivity contribution is 6.11. The van der Waals surface area contributed by atoms with E-state index in [1.54, 1.807) is 4.90 Å². The molecule has 2 amide bonds. The molecule has 214 valence electrons. The van der Waals surface area contributed by atoms with Crippen molar-refractivity contribution in [1.82, 2.24) is 9.88 Å². The molecule has 0 aliphatic carbocycles. The largest absolute Gasteiger partial charge is 0.417 e. The van der Waals surface area contributed by atoms with Crippen LogP contribution in [-0.4, -0.2) is 66.3 Å². The minimum atomic E-state index is -5.02. The zero-order valence-electron chi connectivity index (χ0n) is 21.4. The molecule has 7 nitrogen and oxygen atoms in total. The molecule has 1 aromatic heterocycles. The molecule has 4 rings (SSSR count). The van der Waals surface area contributed by atoms with Gasteiger partial charge in [-0.1, -0.05) is 0 Å². The number of hydrogen-bond donors (Lipinski definition) is 1. The van der Waals surface area contributed by atoms with Gasteiger partial charge < -0.3 is 10.2 Å². The Bertz CT molecular complexity index is 1370. The second-order valence-corrected chi connectivity index (χ2v) is 9.76. The standard InChI is InChI=1S/C26H24F7N5O2/c1-13-11-38(12-14(2)37(13)3)22-7-20(27)17(15-4-16(9-34-8-15)25(28,29)30)5-21(22)36-24(40)18-10-35-23(39)6-19(18)26(31,32)33/h4-10,13-14,18H,11-12H2,1-3H3,(H,36,40)/t13-,14+,18?. The fourth-order valence-corrected chi connectivity index (χ4v) is 4.66. The number of dihydropyridines is 1. The molecule has 2 aliphatic rings. The Balaban J connectivity index is 1.80. The average molecular weight is 571 g/mol. The zero-order chi connectivity index (χ0) is 29.6. The summed E-state index contributed by atoms with van der Waals surface area (Å²) in [6, 6.07) is 2.71. The van der Waals surface area contributed by atoms with E-state index in [2.05, 4.69) is 20.2 Å². The molecule has 2 aliphatic heterocycles. The van der Waals surface area contributed by atoms with Crippen LogP contribution in [0.25, 0.3) is 11.1 Å². The van der Waals surface area contributed by atoms with Crippen molar-refractivity contribution in [2.45, 2.75) is 38.3 Å². The smallest absolute Gasteiger partial charge is 0.367 e. The van der Waals surface area contributed by atoms with Gasteiger partial charge in [-0.15, -0.1) is 0 Å². The van der Waals surface area contributed by atoms with E-state index in [-0.39, 0.29) is 40.7 Å². The predicted octanol–water partition coefficient (Wildman–Crippen LogP) is 5.09. The molecule has 1 fully saturated rings. The number of pyridine rings is 1. The second-order valence-electron chi connectivity index (χ2n) is 9.76. The van der Waals surface area contributed by atoms with Crippen molar-refractivity contribution in [3.05, 3.63) is 53.6 Å². The lowest BCUT2D eigenvalue weighted by Crippen LogP contribution is -2.55. The van der Waals surface area contributed by atoms with E-state index in [1.165, 1.54) is 0 Å². The predicted molar refractivity (Wildman–Crippen MR) is 133 cm³/mol. The van der Waals surface area contributed by atoms with Gasteiger partial charge in [-0.3, -0.25) is 19.5 Å². The van der Waals surface area contributed by atoms with Crippen LogP contribution in [0.4, 0.5) is 42.1 Å². The van der Waals surface area contributed by atoms with Crippen LogP contribution < -0.4 is 10.2 Å². The molecule has 40 heavy (non-hydrogen) atoms. The SMILES string of the molecule is C[C@@H]1CN(c2cc(F)c(-c3cncc(C(F)(F)F)c3)cc2NC(=O)C2C=NC(=O)C=C2C(F)(F)F)C[C@H](C)N1C. The maximum absolute atomic E-state index is 15.4. The lowest BCUT2D eigenvalue weighted by molar-refractivity contribution is -0.137. The number of carbonyl (C=O) groups is 2. The molecule has 1 N–H and O–H groups in total. The number of rotatable bonds is 4. The molecule has 14 heteroatoms. The van der Waals surface area contributed by atoms with Gasteiger partial charge in [0.2, 0.25) is 5.91 Å². The number of likely N-dealkylation sites (N-methyl/N-ethyl adjacent to an activating group) is 1. The number of halogens is 7. The number of nitrogens with one attached hydrogen (secondary N) is 1. The first-order valence-electron chi connectivity index (χ1n) is 12.1. The van der Waals surface area contributed by atoms with Crippen molar-refractivity contribution < 1.29 is 40.3 Å². The normalized spacial score (nSPS) is 22.4. The highest BCUT2D eigenvalue weighted by Crippen LogP contribution is 2.39. The molecule has 3 atom stereocenters. The van der Waals surface area contributed by atoms with Crippen LogP contribution in [0.5, 0.6) is 0 Å². The highest BCUT2D eigenvalue weighted by atomic mass is 19.4. The Morgan fingerprint density at radius 3 is 2.25 bits per heavy atom. The van der Waals surface area contributed by atoms with Crippen molar-refractivity contribution in [3.8, 4) is 11.1 Å². The third-order valence-electron chi connectivity index (χ3n) is 6.99. The van der Waals surface area contributed by atoms with Crippen LogP contribution >= 0.6 is 0 Å². The molecular formula is C26H24F7N5O2. The van der Waals surface area contributed by atoms with E-state index < -0.39 is 47.0 Å². The van der Waals surface area contributed by atoms with Gasteiger partial charge >= 0.3 is 12.4 Å². The average Bonchev–Trinajstić information content (AvgIpc) is 2.86. The summed E-state index contributed by atoms with van der Waals surface area (Å²) in [4.78, 5) is 35.3. The number of carbonyl (C=O) groups excluding carboxylic acids is 2. The first-order chi connectivity index (χ1) is 18.6. The first kappa shape index (κ1) is 29.2. The van der Waals surface area contributed by atoms with E-state index in [0.29, 0.717) is 31.6 Å². The van der Waals surface area contributed by atoms with Crippen LogP contribution in [0.1, 0.15) is 19.4 Å². The number of aromatic nitrogens is 1. The molecule has 1 aromatic carbocycles. The zero-order valence-corrected chi connectivity index (χ0v) is 21.4. The van der Waals surface area contributed by atoms with Gasteiger partial charge in [0.25, 0.3) is 5.91 Å². The van der Waals surface area contributed by atoms with Crippen LogP contribution in [-0.2, 0) is 15.8 Å². The molecular weight excluding hydrogens is 547 g/mol. The van der Waals surface area contributed by atoms with Gasteiger partial charge in [0.05, 0.1) is 22.5 Å². The summed E-state index contributed by atoms with van der Waals surface area (Å²) in [6.07, 6.45) is -7.42. The van der Waals surface area contributed by atoms with Crippen LogP contribution in [0.15, 0.2) is 47.2 Å². The Hall–Kier alpha value is -3.81. The number of alkyl halides is 6. The number of anilines is 2. The summed E-state index contributed by atoms with van der Waals surface area (Å²) < 4.78 is 96.1. The van der Waals surface area contributed by atoms with Crippen LogP contribution in [0.3, 0.4) is 0 Å². The van der Waals surface area contributed by atoms with Gasteiger partial charge in [0.15, 0.2) is 0 Å². The van der Waals surface area contributed by atoms with Crippen molar-refractivity contribution in [2.75, 3.05) is 30.4 Å². The molecule has 2 aromatic rings. The molecule has 3 heterocycles. The summed E-state index contributed by atoms with van der Waals surface area (Å²) in [7, 11) is 1.90. The molecule has 0 bridgehead atoms.